The molecule has 5 rings (SSSR count). The fourth-order valence-corrected chi connectivity index (χ4v) is 6.03. The van der Waals surface area contributed by atoms with E-state index in [-0.39, 0.29) is 24.0 Å². The molecule has 1 fully saturated rings. The summed E-state index contributed by atoms with van der Waals surface area (Å²) in [6, 6.07) is 42.2. The number of aryl methyl sites for hydroxylation is 2. The summed E-state index contributed by atoms with van der Waals surface area (Å²) in [5.41, 5.74) is 5.02. The summed E-state index contributed by atoms with van der Waals surface area (Å²) in [4.78, 5) is 0. The molecule has 4 nitrogen and oxygen atoms in total. The lowest BCUT2D eigenvalue weighted by atomic mass is 9.84. The zero-order chi connectivity index (χ0) is 29.7. The first-order valence-electron chi connectivity index (χ1n) is 15.7. The summed E-state index contributed by atoms with van der Waals surface area (Å²) in [5, 5.41) is 0. The topological polar surface area (TPSA) is 36.9 Å². The maximum absolute atomic E-state index is 6.75. The highest BCUT2D eigenvalue weighted by molar-refractivity contribution is 5.17. The van der Waals surface area contributed by atoms with Crippen LogP contribution in [0.5, 0.6) is 0 Å². The van der Waals surface area contributed by atoms with Gasteiger partial charge >= 0.3 is 0 Å². The van der Waals surface area contributed by atoms with Crippen LogP contribution in [0.3, 0.4) is 0 Å². The lowest BCUT2D eigenvalue weighted by Crippen LogP contribution is -2.40. The Labute approximate surface area is 258 Å². The molecule has 0 amide bonds. The first kappa shape index (κ1) is 31.2. The summed E-state index contributed by atoms with van der Waals surface area (Å²) in [6.45, 7) is 6.47. The van der Waals surface area contributed by atoms with Gasteiger partial charge in [-0.05, 0) is 61.8 Å². The Bertz CT molecular complexity index is 1210. The Morgan fingerprint density at radius 1 is 0.512 bits per heavy atom. The molecule has 1 saturated heterocycles. The Morgan fingerprint density at radius 2 is 0.837 bits per heavy atom. The van der Waals surface area contributed by atoms with E-state index in [1.807, 2.05) is 26.0 Å². The van der Waals surface area contributed by atoms with E-state index in [9.17, 15) is 0 Å². The van der Waals surface area contributed by atoms with Crippen molar-refractivity contribution in [1.82, 2.24) is 0 Å². The molecular weight excluding hydrogens is 532 g/mol. The molecule has 4 aromatic rings. The molecule has 0 spiro atoms. The molecule has 0 N–H and O–H groups in total. The van der Waals surface area contributed by atoms with Gasteiger partial charge < -0.3 is 18.9 Å². The molecule has 0 aliphatic carbocycles. The molecular formula is C39H46O4. The molecule has 0 saturated carbocycles. The summed E-state index contributed by atoms with van der Waals surface area (Å²) >= 11 is 0. The van der Waals surface area contributed by atoms with Gasteiger partial charge in [0.2, 0.25) is 0 Å². The van der Waals surface area contributed by atoms with Gasteiger partial charge in [0.25, 0.3) is 0 Å². The van der Waals surface area contributed by atoms with Gasteiger partial charge in [-0.3, -0.25) is 0 Å². The molecule has 0 bridgehead atoms. The minimum absolute atomic E-state index is 0.101. The first-order chi connectivity index (χ1) is 21.1. The molecule has 1 heterocycles. The molecule has 43 heavy (non-hydrogen) atoms. The molecule has 226 valence electrons. The van der Waals surface area contributed by atoms with Gasteiger partial charge in [0.15, 0.2) is 5.79 Å². The Balaban J connectivity index is 1.34. The molecule has 4 heteroatoms. The van der Waals surface area contributed by atoms with Crippen molar-refractivity contribution in [2.45, 2.75) is 70.7 Å². The minimum Gasteiger partial charge on any atom is -0.376 e. The maximum atomic E-state index is 6.75. The zero-order valence-electron chi connectivity index (χ0n) is 25.6. The maximum Gasteiger partial charge on any atom is 0.163 e. The van der Waals surface area contributed by atoms with Gasteiger partial charge in [-0.15, -0.1) is 0 Å². The zero-order valence-corrected chi connectivity index (χ0v) is 25.6. The molecule has 1 aliphatic rings. The van der Waals surface area contributed by atoms with E-state index in [1.165, 1.54) is 22.3 Å². The van der Waals surface area contributed by atoms with Crippen LogP contribution < -0.4 is 0 Å². The van der Waals surface area contributed by atoms with Crippen molar-refractivity contribution in [2.24, 2.45) is 11.8 Å². The third-order valence-electron chi connectivity index (χ3n) is 8.27. The normalized spacial score (nSPS) is 19.2. The molecule has 1 aliphatic heterocycles. The minimum atomic E-state index is -0.676. The number of hydrogen-bond acceptors (Lipinski definition) is 4. The monoisotopic (exact) mass is 578 g/mol. The third kappa shape index (κ3) is 9.87. The van der Waals surface area contributed by atoms with Gasteiger partial charge in [-0.25, -0.2) is 0 Å². The van der Waals surface area contributed by atoms with Crippen LogP contribution in [0.2, 0.25) is 0 Å². The highest BCUT2D eigenvalue weighted by Gasteiger charge is 2.48. The highest BCUT2D eigenvalue weighted by atomic mass is 16.8. The van der Waals surface area contributed by atoms with Crippen molar-refractivity contribution < 1.29 is 18.9 Å². The Hall–Kier alpha value is -3.28. The van der Waals surface area contributed by atoms with Crippen LogP contribution in [0.25, 0.3) is 0 Å². The van der Waals surface area contributed by atoms with E-state index in [1.54, 1.807) is 0 Å². The van der Waals surface area contributed by atoms with Crippen LogP contribution in [0, 0.1) is 11.8 Å². The van der Waals surface area contributed by atoms with Crippen molar-refractivity contribution in [3.8, 4) is 0 Å². The standard InChI is InChI=1S/C39H46O4/c1-39(2)42-37(35(25-23-31-15-7-3-8-16-31)29-40-27-33-19-11-5-12-20-33)38(43-39)36(26-24-32-17-9-4-10-18-32)30-41-28-34-21-13-6-14-22-34/h3-22,35-38H,23-30H2,1-2H3/t35-,36-,37?,38?/m0/s1. The summed E-state index contributed by atoms with van der Waals surface area (Å²) in [7, 11) is 0. The largest absolute Gasteiger partial charge is 0.376 e. The van der Waals surface area contributed by atoms with Crippen molar-refractivity contribution in [2.75, 3.05) is 13.2 Å². The predicted molar refractivity (Wildman–Crippen MR) is 173 cm³/mol. The van der Waals surface area contributed by atoms with Crippen LogP contribution in [0.15, 0.2) is 121 Å². The van der Waals surface area contributed by atoms with Crippen molar-refractivity contribution in [3.63, 3.8) is 0 Å². The number of ether oxygens (including phenoxy) is 4. The van der Waals surface area contributed by atoms with Crippen LogP contribution in [-0.4, -0.2) is 31.2 Å². The number of benzene rings is 4. The lowest BCUT2D eigenvalue weighted by Gasteiger charge is -2.31. The predicted octanol–water partition coefficient (Wildman–Crippen LogP) is 8.44. The third-order valence-corrected chi connectivity index (χ3v) is 8.27. The average molecular weight is 579 g/mol. The SMILES string of the molecule is CC1(C)OC([C@@H](CCc2ccccc2)COCc2ccccc2)C([C@@H](CCc2ccccc2)COCc2ccccc2)O1. The van der Waals surface area contributed by atoms with Crippen molar-refractivity contribution in [3.05, 3.63) is 144 Å². The second-order valence-electron chi connectivity index (χ2n) is 12.1. The quantitative estimate of drug-likeness (QED) is 0.134. The van der Waals surface area contributed by atoms with Crippen molar-refractivity contribution in [1.29, 1.82) is 0 Å². The highest BCUT2D eigenvalue weighted by Crippen LogP contribution is 2.39. The second-order valence-corrected chi connectivity index (χ2v) is 12.1. The summed E-state index contributed by atoms with van der Waals surface area (Å²) in [6.07, 6.45) is 3.63. The van der Waals surface area contributed by atoms with E-state index >= 15 is 0 Å². The van der Waals surface area contributed by atoms with Gasteiger partial charge in [0.05, 0.1) is 38.6 Å². The van der Waals surface area contributed by atoms with Crippen LogP contribution in [0.1, 0.15) is 48.9 Å². The second kappa shape index (κ2) is 16.0. The number of hydrogen-bond donors (Lipinski definition) is 0. The summed E-state index contributed by atoms with van der Waals surface area (Å²) < 4.78 is 26.3. The molecule has 0 radical (unpaired) electrons. The van der Waals surface area contributed by atoms with Crippen LogP contribution >= 0.6 is 0 Å². The van der Waals surface area contributed by atoms with E-state index < -0.39 is 5.79 Å². The van der Waals surface area contributed by atoms with Gasteiger partial charge in [-0.2, -0.15) is 0 Å². The Kier molecular flexibility index (Phi) is 11.6. The first-order valence-corrected chi connectivity index (χ1v) is 15.7. The fraction of sp³-hybridized carbons (Fsp3) is 0.385. The van der Waals surface area contributed by atoms with Crippen molar-refractivity contribution >= 4 is 0 Å². The lowest BCUT2D eigenvalue weighted by molar-refractivity contribution is -0.157. The summed E-state index contributed by atoms with van der Waals surface area (Å²) in [5.74, 6) is -0.336. The smallest absolute Gasteiger partial charge is 0.163 e. The van der Waals surface area contributed by atoms with E-state index in [0.29, 0.717) is 26.4 Å². The molecule has 4 atom stereocenters. The van der Waals surface area contributed by atoms with Gasteiger partial charge in [-0.1, -0.05) is 121 Å². The van der Waals surface area contributed by atoms with Crippen LogP contribution in [-0.2, 0) is 45.0 Å². The molecule has 2 unspecified atom stereocenters. The molecule has 0 aromatic heterocycles. The van der Waals surface area contributed by atoms with E-state index in [4.69, 9.17) is 18.9 Å². The Morgan fingerprint density at radius 3 is 1.19 bits per heavy atom. The van der Waals surface area contributed by atoms with Gasteiger partial charge in [0, 0.05) is 11.8 Å². The van der Waals surface area contributed by atoms with E-state index in [0.717, 1.165) is 25.7 Å². The molecule has 4 aromatic carbocycles. The van der Waals surface area contributed by atoms with Gasteiger partial charge in [0.1, 0.15) is 0 Å². The van der Waals surface area contributed by atoms with Crippen LogP contribution in [0.4, 0.5) is 0 Å². The van der Waals surface area contributed by atoms with E-state index in [2.05, 4.69) is 109 Å². The fourth-order valence-electron chi connectivity index (χ4n) is 6.03. The average Bonchev–Trinajstić information content (AvgIpc) is 3.37. The number of rotatable bonds is 16.